The highest BCUT2D eigenvalue weighted by Gasteiger charge is 2.38. The summed E-state index contributed by atoms with van der Waals surface area (Å²) < 4.78 is 28.5. The number of nitrogens with one attached hydrogen (secondary N) is 1. The fourth-order valence-electron chi connectivity index (χ4n) is 2.69. The molecule has 0 amide bonds. The molecule has 1 N–H and O–H groups in total. The molecular weight excluding hydrogens is 300 g/mol. The largest absolute Gasteiger partial charge is 0.292 e. The van der Waals surface area contributed by atoms with Crippen LogP contribution in [0.1, 0.15) is 47.7 Å². The maximum atomic E-state index is 12.7. The molecule has 6 heteroatoms. The maximum absolute atomic E-state index is 12.7. The van der Waals surface area contributed by atoms with Crippen LogP contribution >= 0.6 is 0 Å². The second kappa shape index (κ2) is 6.89. The van der Waals surface area contributed by atoms with Crippen molar-refractivity contribution in [3.63, 3.8) is 0 Å². The Kier molecular flexibility index (Phi) is 5.36. The van der Waals surface area contributed by atoms with Gasteiger partial charge in [0.05, 0.1) is 6.04 Å². The van der Waals surface area contributed by atoms with Crippen LogP contribution in [0.2, 0.25) is 0 Å². The third-order valence-electron chi connectivity index (χ3n) is 4.14. The Morgan fingerprint density at radius 3 is 2.68 bits per heavy atom. The summed E-state index contributed by atoms with van der Waals surface area (Å²) in [7, 11) is -3.58. The van der Waals surface area contributed by atoms with Gasteiger partial charge in [0, 0.05) is 18.7 Å². The lowest BCUT2D eigenvalue weighted by Gasteiger charge is -2.23. The average Bonchev–Trinajstić information content (AvgIpc) is 2.97. The van der Waals surface area contributed by atoms with Crippen LogP contribution in [0.3, 0.4) is 0 Å². The van der Waals surface area contributed by atoms with E-state index in [0.717, 1.165) is 17.5 Å². The highest BCUT2D eigenvalue weighted by Crippen LogP contribution is 2.24. The SMILES string of the molecule is CCCNS(=O)(=O)N1CCCC1C(=O)c1ccc(C)c(C)c1. The second-order valence-electron chi connectivity index (χ2n) is 5.83. The number of hydrogen-bond acceptors (Lipinski definition) is 3. The molecule has 0 saturated carbocycles. The molecule has 0 aromatic heterocycles. The van der Waals surface area contributed by atoms with E-state index in [4.69, 9.17) is 0 Å². The molecule has 1 aromatic carbocycles. The summed E-state index contributed by atoms with van der Waals surface area (Å²) in [6, 6.07) is 4.95. The summed E-state index contributed by atoms with van der Waals surface area (Å²) in [5, 5.41) is 0. The molecular formula is C16H24N2O3S. The quantitative estimate of drug-likeness (QED) is 0.816. The highest BCUT2D eigenvalue weighted by atomic mass is 32.2. The van der Waals surface area contributed by atoms with E-state index in [2.05, 4.69) is 4.72 Å². The summed E-state index contributed by atoms with van der Waals surface area (Å²) in [5.41, 5.74) is 2.75. The van der Waals surface area contributed by atoms with Crippen LogP contribution in [-0.4, -0.2) is 37.6 Å². The Labute approximate surface area is 132 Å². The third-order valence-corrected chi connectivity index (χ3v) is 5.76. The topological polar surface area (TPSA) is 66.5 Å². The minimum Gasteiger partial charge on any atom is -0.292 e. The van der Waals surface area contributed by atoms with Crippen LogP contribution in [0, 0.1) is 13.8 Å². The number of carbonyl (C=O) groups excluding carboxylic acids is 1. The summed E-state index contributed by atoms with van der Waals surface area (Å²) in [5.74, 6) is -0.109. The van der Waals surface area contributed by atoms with E-state index >= 15 is 0 Å². The molecule has 0 radical (unpaired) electrons. The number of ketones is 1. The van der Waals surface area contributed by atoms with Gasteiger partial charge in [0.25, 0.3) is 10.2 Å². The minimum atomic E-state index is -3.58. The average molecular weight is 324 g/mol. The van der Waals surface area contributed by atoms with Crippen LogP contribution in [0.4, 0.5) is 0 Å². The lowest BCUT2D eigenvalue weighted by Crippen LogP contribution is -2.46. The Hall–Kier alpha value is -1.24. The number of aryl methyl sites for hydroxylation is 2. The predicted octanol–water partition coefficient (Wildman–Crippen LogP) is 2.19. The highest BCUT2D eigenvalue weighted by molar-refractivity contribution is 7.87. The number of Topliss-reactive ketones (excluding diaryl/α,β-unsaturated/α-hetero) is 1. The van der Waals surface area contributed by atoms with E-state index in [1.54, 1.807) is 6.07 Å². The number of nitrogens with zero attached hydrogens (tertiary/aromatic N) is 1. The Balaban J connectivity index is 2.22. The van der Waals surface area contributed by atoms with Crippen molar-refractivity contribution in [3.05, 3.63) is 34.9 Å². The molecule has 1 heterocycles. The van der Waals surface area contributed by atoms with E-state index in [-0.39, 0.29) is 5.78 Å². The molecule has 0 spiro atoms. The summed E-state index contributed by atoms with van der Waals surface area (Å²) in [4.78, 5) is 12.7. The monoisotopic (exact) mass is 324 g/mol. The Morgan fingerprint density at radius 1 is 1.32 bits per heavy atom. The Morgan fingerprint density at radius 2 is 2.05 bits per heavy atom. The second-order valence-corrected chi connectivity index (χ2v) is 7.54. The minimum absolute atomic E-state index is 0.109. The van der Waals surface area contributed by atoms with Crippen molar-refractivity contribution in [1.82, 2.24) is 9.03 Å². The van der Waals surface area contributed by atoms with Crippen molar-refractivity contribution in [2.75, 3.05) is 13.1 Å². The van der Waals surface area contributed by atoms with Gasteiger partial charge in [-0.15, -0.1) is 0 Å². The first kappa shape index (κ1) is 17.1. The summed E-state index contributed by atoms with van der Waals surface area (Å²) >= 11 is 0. The van der Waals surface area contributed by atoms with E-state index in [0.29, 0.717) is 31.5 Å². The first-order valence-electron chi connectivity index (χ1n) is 7.74. The molecule has 1 atom stereocenters. The van der Waals surface area contributed by atoms with Crippen LogP contribution < -0.4 is 4.72 Å². The van der Waals surface area contributed by atoms with Gasteiger partial charge in [0.1, 0.15) is 0 Å². The first-order valence-corrected chi connectivity index (χ1v) is 9.18. The standard InChI is InChI=1S/C16H24N2O3S/c1-4-9-17-22(20,21)18-10-5-6-15(18)16(19)14-8-7-12(2)13(3)11-14/h7-8,11,15,17H,4-6,9-10H2,1-3H3. The fourth-order valence-corrected chi connectivity index (χ4v) is 4.22. The van der Waals surface area contributed by atoms with Gasteiger partial charge in [-0.2, -0.15) is 12.7 Å². The number of carbonyl (C=O) groups is 1. The predicted molar refractivity (Wildman–Crippen MR) is 87.2 cm³/mol. The van der Waals surface area contributed by atoms with Gasteiger partial charge < -0.3 is 0 Å². The summed E-state index contributed by atoms with van der Waals surface area (Å²) in [6.07, 6.45) is 2.02. The lowest BCUT2D eigenvalue weighted by molar-refractivity contribution is 0.0917. The molecule has 2 rings (SSSR count). The van der Waals surface area contributed by atoms with Crippen LogP contribution in [-0.2, 0) is 10.2 Å². The Bertz CT molecular complexity index is 655. The van der Waals surface area contributed by atoms with Gasteiger partial charge in [-0.3, -0.25) is 4.79 Å². The molecule has 1 aromatic rings. The van der Waals surface area contributed by atoms with Gasteiger partial charge >= 0.3 is 0 Å². The molecule has 1 aliphatic rings. The molecule has 1 aliphatic heterocycles. The smallest absolute Gasteiger partial charge is 0.280 e. The molecule has 5 nitrogen and oxygen atoms in total. The zero-order valence-corrected chi connectivity index (χ0v) is 14.2. The number of rotatable bonds is 6. The molecule has 22 heavy (non-hydrogen) atoms. The van der Waals surface area contributed by atoms with Crippen molar-refractivity contribution < 1.29 is 13.2 Å². The summed E-state index contributed by atoms with van der Waals surface area (Å²) in [6.45, 7) is 6.65. The van der Waals surface area contributed by atoms with Crippen molar-refractivity contribution in [2.24, 2.45) is 0 Å². The van der Waals surface area contributed by atoms with Crippen LogP contribution in [0.5, 0.6) is 0 Å². The molecule has 1 fully saturated rings. The van der Waals surface area contributed by atoms with Crippen molar-refractivity contribution in [3.8, 4) is 0 Å². The number of hydrogen-bond donors (Lipinski definition) is 1. The van der Waals surface area contributed by atoms with Gasteiger partial charge in [-0.05, 0) is 50.3 Å². The van der Waals surface area contributed by atoms with Gasteiger partial charge in [0.2, 0.25) is 0 Å². The normalized spacial score (nSPS) is 19.5. The fraction of sp³-hybridized carbons (Fsp3) is 0.562. The molecule has 0 bridgehead atoms. The number of benzene rings is 1. The van der Waals surface area contributed by atoms with Crippen LogP contribution in [0.15, 0.2) is 18.2 Å². The van der Waals surface area contributed by atoms with Gasteiger partial charge in [0.15, 0.2) is 5.78 Å². The maximum Gasteiger partial charge on any atom is 0.280 e. The van der Waals surface area contributed by atoms with E-state index < -0.39 is 16.3 Å². The molecule has 1 saturated heterocycles. The molecule has 1 unspecified atom stereocenters. The van der Waals surface area contributed by atoms with Gasteiger partial charge in [-0.1, -0.05) is 19.1 Å². The van der Waals surface area contributed by atoms with E-state index in [9.17, 15) is 13.2 Å². The van der Waals surface area contributed by atoms with Crippen molar-refractivity contribution >= 4 is 16.0 Å². The molecule has 122 valence electrons. The van der Waals surface area contributed by atoms with Crippen LogP contribution in [0.25, 0.3) is 0 Å². The van der Waals surface area contributed by atoms with E-state index in [1.165, 1.54) is 4.31 Å². The third kappa shape index (κ3) is 3.56. The van der Waals surface area contributed by atoms with Crippen molar-refractivity contribution in [2.45, 2.75) is 46.1 Å². The first-order chi connectivity index (χ1) is 10.4. The zero-order chi connectivity index (χ0) is 16.3. The zero-order valence-electron chi connectivity index (χ0n) is 13.4. The van der Waals surface area contributed by atoms with Crippen molar-refractivity contribution in [1.29, 1.82) is 0 Å². The lowest BCUT2D eigenvalue weighted by atomic mass is 9.99. The van der Waals surface area contributed by atoms with E-state index in [1.807, 2.05) is 32.9 Å². The van der Waals surface area contributed by atoms with Gasteiger partial charge in [-0.25, -0.2) is 4.72 Å². The molecule has 0 aliphatic carbocycles.